The highest BCUT2D eigenvalue weighted by Crippen LogP contribution is 2.23. The van der Waals surface area contributed by atoms with Crippen molar-refractivity contribution in [3.05, 3.63) is 130 Å². The second-order valence-electron chi connectivity index (χ2n) is 8.93. The molecule has 41 heavy (non-hydrogen) atoms. The maximum Gasteiger partial charge on any atom is 0.233 e. The maximum absolute atomic E-state index is 12.7. The molecule has 0 atom stereocenters. The smallest absolute Gasteiger partial charge is 0.233 e. The van der Waals surface area contributed by atoms with Gasteiger partial charge in [0.2, 0.25) is 23.1 Å². The molecule has 200 valence electrons. The molecule has 0 N–H and O–H groups in total. The zero-order chi connectivity index (χ0) is 29.2. The Labute approximate surface area is 239 Å². The van der Waals surface area contributed by atoms with Crippen LogP contribution in [0.5, 0.6) is 11.5 Å². The topological polar surface area (TPSA) is 77.5 Å². The van der Waals surface area contributed by atoms with E-state index in [0.29, 0.717) is 22.6 Å². The lowest BCUT2D eigenvalue weighted by atomic mass is 10.0. The van der Waals surface area contributed by atoms with E-state index in [1.54, 1.807) is 72.8 Å². The molecule has 5 nitrogen and oxygen atoms in total. The molecular weight excluding hydrogens is 512 g/mol. The molecule has 0 spiro atoms. The Bertz CT molecular complexity index is 1570. The molecule has 0 saturated carbocycles. The number of ketones is 4. The van der Waals surface area contributed by atoms with Gasteiger partial charge in [-0.1, -0.05) is 37.5 Å². The van der Waals surface area contributed by atoms with Gasteiger partial charge in [0.25, 0.3) is 0 Å². The minimum Gasteiger partial charge on any atom is -0.457 e. The minimum atomic E-state index is -0.625. The van der Waals surface area contributed by atoms with Gasteiger partial charge in [-0.05, 0) is 97.1 Å². The molecule has 0 aliphatic heterocycles. The van der Waals surface area contributed by atoms with Gasteiger partial charge in [0.05, 0.1) is 0 Å². The minimum absolute atomic E-state index is 0.238. The van der Waals surface area contributed by atoms with Crippen LogP contribution in [-0.4, -0.2) is 23.1 Å². The van der Waals surface area contributed by atoms with Crippen molar-refractivity contribution in [1.29, 1.82) is 0 Å². The van der Waals surface area contributed by atoms with Gasteiger partial charge in [0, 0.05) is 46.2 Å². The van der Waals surface area contributed by atoms with Crippen LogP contribution in [0.3, 0.4) is 0 Å². The lowest BCUT2D eigenvalue weighted by Crippen LogP contribution is -2.14. The number of rotatable bonds is 8. The maximum atomic E-state index is 12.7. The fraction of sp³-hybridized carbons (Fsp3) is 0.111. The van der Waals surface area contributed by atoms with E-state index in [-0.39, 0.29) is 11.1 Å². The predicted octanol–water partition coefficient (Wildman–Crippen LogP) is 7.13. The third kappa shape index (κ3) is 7.32. The summed E-state index contributed by atoms with van der Waals surface area (Å²) < 4.78 is 5.81. The molecule has 0 aliphatic carbocycles. The van der Waals surface area contributed by atoms with E-state index in [2.05, 4.69) is 23.7 Å². The van der Waals surface area contributed by atoms with Crippen LogP contribution in [0.2, 0.25) is 0 Å². The number of Topliss-reactive ketones (excluding diaryl/α,β-unsaturated/α-hetero) is 4. The van der Waals surface area contributed by atoms with Crippen LogP contribution in [0.4, 0.5) is 0 Å². The number of benzene rings is 4. The molecule has 0 amide bonds. The zero-order valence-electron chi connectivity index (χ0n) is 22.7. The van der Waals surface area contributed by atoms with Crippen molar-refractivity contribution in [2.75, 3.05) is 0 Å². The molecule has 0 heterocycles. The number of hydrogen-bond acceptors (Lipinski definition) is 5. The second kappa shape index (κ2) is 13.5. The van der Waals surface area contributed by atoms with E-state index in [1.165, 1.54) is 24.3 Å². The first-order chi connectivity index (χ1) is 19.9. The van der Waals surface area contributed by atoms with Crippen molar-refractivity contribution in [3.8, 4) is 35.2 Å². The fourth-order valence-electron chi connectivity index (χ4n) is 3.80. The van der Waals surface area contributed by atoms with Crippen LogP contribution in [0.25, 0.3) is 0 Å². The summed E-state index contributed by atoms with van der Waals surface area (Å²) in [5, 5.41) is 0. The third-order valence-corrected chi connectivity index (χ3v) is 5.99. The van der Waals surface area contributed by atoms with Crippen molar-refractivity contribution in [3.63, 3.8) is 0 Å². The standard InChI is InChI=1S/C36H26O5/c1-3-5-7-25-9-13-27(14-10-25)33(37)35(39)29-17-21-31(22-18-29)41-32-23-19-30(20-24-32)36(40)34(38)28-15-11-26(12-16-28)8-6-4-2/h9-24H,3-4H2,1-2H3. The molecule has 4 aromatic rings. The highest BCUT2D eigenvalue weighted by Gasteiger charge is 2.19. The van der Waals surface area contributed by atoms with E-state index in [9.17, 15) is 19.2 Å². The molecule has 5 heteroatoms. The first-order valence-electron chi connectivity index (χ1n) is 13.1. The molecule has 0 aromatic heterocycles. The molecule has 4 aromatic carbocycles. The Morgan fingerprint density at radius 3 is 1.00 bits per heavy atom. The van der Waals surface area contributed by atoms with Crippen molar-refractivity contribution in [1.82, 2.24) is 0 Å². The molecule has 0 radical (unpaired) electrons. The third-order valence-electron chi connectivity index (χ3n) is 5.99. The van der Waals surface area contributed by atoms with E-state index in [0.717, 1.165) is 24.0 Å². The number of hydrogen-bond donors (Lipinski definition) is 0. The summed E-state index contributed by atoms with van der Waals surface area (Å²) in [4.78, 5) is 50.7. The molecule has 0 unspecified atom stereocenters. The predicted molar refractivity (Wildman–Crippen MR) is 158 cm³/mol. The molecule has 4 rings (SSSR count). The van der Waals surface area contributed by atoms with Crippen molar-refractivity contribution in [2.24, 2.45) is 0 Å². The van der Waals surface area contributed by atoms with Crippen LogP contribution in [0.15, 0.2) is 97.1 Å². The number of ether oxygens (including phenoxy) is 1. The van der Waals surface area contributed by atoms with Gasteiger partial charge in [-0.3, -0.25) is 19.2 Å². The number of carbonyl (C=O) groups excluding carboxylic acids is 4. The largest absolute Gasteiger partial charge is 0.457 e. The van der Waals surface area contributed by atoms with Crippen molar-refractivity contribution >= 4 is 23.1 Å². The van der Waals surface area contributed by atoms with E-state index in [4.69, 9.17) is 4.74 Å². The molecule has 0 saturated heterocycles. The normalized spacial score (nSPS) is 9.90. The van der Waals surface area contributed by atoms with Crippen LogP contribution in [0.1, 0.15) is 79.2 Å². The van der Waals surface area contributed by atoms with E-state index >= 15 is 0 Å². The van der Waals surface area contributed by atoms with E-state index < -0.39 is 23.1 Å². The summed E-state index contributed by atoms with van der Waals surface area (Å²) in [5.74, 6) is 10.3. The molecular formula is C36H26O5. The average Bonchev–Trinajstić information content (AvgIpc) is 3.02. The summed E-state index contributed by atoms with van der Waals surface area (Å²) in [5.41, 5.74) is 2.63. The Kier molecular flexibility index (Phi) is 9.39. The van der Waals surface area contributed by atoms with Crippen LogP contribution in [0, 0.1) is 23.7 Å². The van der Waals surface area contributed by atoms with Gasteiger partial charge in [0.1, 0.15) is 11.5 Å². The summed E-state index contributed by atoms with van der Waals surface area (Å²) in [7, 11) is 0. The van der Waals surface area contributed by atoms with Crippen molar-refractivity contribution < 1.29 is 23.9 Å². The van der Waals surface area contributed by atoms with Gasteiger partial charge in [-0.15, -0.1) is 0 Å². The van der Waals surface area contributed by atoms with Gasteiger partial charge in [-0.2, -0.15) is 0 Å². The molecule has 0 bridgehead atoms. The summed E-state index contributed by atoms with van der Waals surface area (Å²) in [6.07, 6.45) is 1.47. The van der Waals surface area contributed by atoms with Crippen LogP contribution in [-0.2, 0) is 0 Å². The summed E-state index contributed by atoms with van der Waals surface area (Å²) in [6.45, 7) is 3.91. The lowest BCUT2D eigenvalue weighted by Gasteiger charge is -2.08. The summed E-state index contributed by atoms with van der Waals surface area (Å²) in [6, 6.07) is 25.7. The quantitative estimate of drug-likeness (QED) is 0.135. The van der Waals surface area contributed by atoms with E-state index in [1.807, 2.05) is 13.8 Å². The highest BCUT2D eigenvalue weighted by molar-refractivity contribution is 6.49. The fourth-order valence-corrected chi connectivity index (χ4v) is 3.80. The molecule has 0 fully saturated rings. The van der Waals surface area contributed by atoms with Crippen LogP contribution >= 0.6 is 0 Å². The SMILES string of the molecule is CCC#Cc1ccc(C(=O)C(=O)c2ccc(Oc3ccc(C(=O)C(=O)c4ccc(C#CCC)cc4)cc3)cc2)cc1. The zero-order valence-corrected chi connectivity index (χ0v) is 22.7. The van der Waals surface area contributed by atoms with Gasteiger partial charge < -0.3 is 4.74 Å². The highest BCUT2D eigenvalue weighted by atomic mass is 16.5. The van der Waals surface area contributed by atoms with Crippen molar-refractivity contribution in [2.45, 2.75) is 26.7 Å². The Morgan fingerprint density at radius 1 is 0.463 bits per heavy atom. The lowest BCUT2D eigenvalue weighted by molar-refractivity contribution is 0.0817. The Balaban J connectivity index is 1.37. The summed E-state index contributed by atoms with van der Waals surface area (Å²) >= 11 is 0. The monoisotopic (exact) mass is 538 g/mol. The van der Waals surface area contributed by atoms with Gasteiger partial charge in [0.15, 0.2) is 0 Å². The number of carbonyl (C=O) groups is 4. The second-order valence-corrected chi connectivity index (χ2v) is 8.93. The molecule has 0 aliphatic rings. The average molecular weight is 539 g/mol. The first-order valence-corrected chi connectivity index (χ1v) is 13.1. The van der Waals surface area contributed by atoms with Gasteiger partial charge >= 0.3 is 0 Å². The van der Waals surface area contributed by atoms with Crippen LogP contribution < -0.4 is 4.74 Å². The first kappa shape index (κ1) is 28.5. The Morgan fingerprint density at radius 2 is 0.732 bits per heavy atom. The van der Waals surface area contributed by atoms with Gasteiger partial charge in [-0.25, -0.2) is 0 Å². The Hall–Kier alpha value is -5.52.